The van der Waals surface area contributed by atoms with Gasteiger partial charge in [-0.1, -0.05) is 176 Å². The first-order valence-electron chi connectivity index (χ1n) is 20.8. The van der Waals surface area contributed by atoms with Crippen LogP contribution in [0.3, 0.4) is 0 Å². The summed E-state index contributed by atoms with van der Waals surface area (Å²) in [7, 11) is 0. The number of hydrogen-bond donors (Lipinski definition) is 0. The minimum atomic E-state index is 1.10. The number of para-hydroxylation sites is 3. The summed E-state index contributed by atoms with van der Waals surface area (Å²) in [5.41, 5.74) is 14.1. The van der Waals surface area contributed by atoms with Crippen molar-refractivity contribution in [3.8, 4) is 39.1 Å². The largest absolute Gasteiger partial charge is 0.309 e. The first kappa shape index (κ1) is 35.2. The molecule has 0 bridgehead atoms. The minimum Gasteiger partial charge on any atom is -0.309 e. The Balaban J connectivity index is 1.10. The third kappa shape index (κ3) is 5.85. The molecule has 0 N–H and O–H groups in total. The Morgan fingerprint density at radius 2 is 0.967 bits per heavy atom. The van der Waals surface area contributed by atoms with Crippen molar-refractivity contribution in [2.75, 3.05) is 4.90 Å². The molecule has 0 saturated heterocycles. The highest BCUT2D eigenvalue weighted by Gasteiger charge is 2.23. The smallest absolute Gasteiger partial charge is 0.0640 e. The molecule has 0 fully saturated rings. The highest BCUT2D eigenvalue weighted by atomic mass is 32.1. The first-order chi connectivity index (χ1) is 30.3. The van der Waals surface area contributed by atoms with Crippen LogP contribution in [0.2, 0.25) is 0 Å². The number of anilines is 3. The van der Waals surface area contributed by atoms with Gasteiger partial charge >= 0.3 is 0 Å². The molecule has 0 spiro atoms. The van der Waals surface area contributed by atoms with Crippen molar-refractivity contribution in [3.05, 3.63) is 231 Å². The van der Waals surface area contributed by atoms with Gasteiger partial charge in [0.2, 0.25) is 0 Å². The van der Waals surface area contributed by atoms with Crippen molar-refractivity contribution in [3.63, 3.8) is 0 Å². The second kappa shape index (κ2) is 14.5. The van der Waals surface area contributed by atoms with Gasteiger partial charge in [0.1, 0.15) is 0 Å². The molecule has 0 amide bonds. The van der Waals surface area contributed by atoms with E-state index in [1.807, 2.05) is 11.3 Å². The third-order valence-electron chi connectivity index (χ3n) is 12.2. The van der Waals surface area contributed by atoms with E-state index in [9.17, 15) is 0 Å². The monoisotopic (exact) mass is 794 g/mol. The second-order valence-corrected chi connectivity index (χ2v) is 16.7. The Morgan fingerprint density at radius 3 is 1.84 bits per heavy atom. The summed E-state index contributed by atoms with van der Waals surface area (Å²) in [5.74, 6) is 0. The number of rotatable bonds is 7. The van der Waals surface area contributed by atoms with Crippen molar-refractivity contribution in [2.24, 2.45) is 0 Å². The lowest BCUT2D eigenvalue weighted by atomic mass is 9.90. The molecule has 0 aliphatic carbocycles. The van der Waals surface area contributed by atoms with Gasteiger partial charge in [-0.25, -0.2) is 0 Å². The Bertz CT molecular complexity index is 3590. The molecule has 0 atom stereocenters. The molecule has 12 aromatic rings. The van der Waals surface area contributed by atoms with Gasteiger partial charge in [-0.05, 0) is 93.2 Å². The van der Waals surface area contributed by atoms with Crippen LogP contribution in [0.4, 0.5) is 17.1 Å². The van der Waals surface area contributed by atoms with Gasteiger partial charge < -0.3 is 9.47 Å². The Morgan fingerprint density at radius 1 is 0.361 bits per heavy atom. The van der Waals surface area contributed by atoms with E-state index in [0.717, 1.165) is 28.3 Å². The fourth-order valence-electron chi connectivity index (χ4n) is 9.47. The van der Waals surface area contributed by atoms with Crippen molar-refractivity contribution in [1.29, 1.82) is 0 Å². The summed E-state index contributed by atoms with van der Waals surface area (Å²) in [6.45, 7) is 0. The van der Waals surface area contributed by atoms with E-state index in [1.165, 1.54) is 80.6 Å². The van der Waals surface area contributed by atoms with Crippen molar-refractivity contribution in [1.82, 2.24) is 4.57 Å². The molecular weight excluding hydrogens is 757 g/mol. The number of hydrogen-bond acceptors (Lipinski definition) is 2. The predicted octanol–water partition coefficient (Wildman–Crippen LogP) is 16.8. The second-order valence-electron chi connectivity index (χ2n) is 15.7. The van der Waals surface area contributed by atoms with E-state index in [-0.39, 0.29) is 0 Å². The summed E-state index contributed by atoms with van der Waals surface area (Å²) >= 11 is 1.87. The van der Waals surface area contributed by atoms with E-state index in [2.05, 4.69) is 240 Å². The molecule has 0 aliphatic heterocycles. The maximum Gasteiger partial charge on any atom is 0.0640 e. The lowest BCUT2D eigenvalue weighted by Crippen LogP contribution is -2.11. The lowest BCUT2D eigenvalue weighted by Gasteiger charge is -2.29. The summed E-state index contributed by atoms with van der Waals surface area (Å²) in [6, 6.07) is 84.2. The molecule has 2 heterocycles. The lowest BCUT2D eigenvalue weighted by molar-refractivity contribution is 1.18. The molecule has 0 aliphatic rings. The van der Waals surface area contributed by atoms with Crippen LogP contribution in [0.5, 0.6) is 0 Å². The quantitative estimate of drug-likeness (QED) is 0.156. The molecule has 0 saturated carbocycles. The first-order valence-corrected chi connectivity index (χ1v) is 21.7. The van der Waals surface area contributed by atoms with Gasteiger partial charge in [0, 0.05) is 43.2 Å². The molecule has 0 radical (unpaired) electrons. The van der Waals surface area contributed by atoms with E-state index in [1.54, 1.807) is 0 Å². The van der Waals surface area contributed by atoms with Gasteiger partial charge in [0.05, 0.1) is 27.1 Å². The van der Waals surface area contributed by atoms with E-state index in [0.29, 0.717) is 0 Å². The molecule has 2 aromatic heterocycles. The van der Waals surface area contributed by atoms with E-state index < -0.39 is 0 Å². The van der Waals surface area contributed by atoms with Crippen LogP contribution in [0.1, 0.15) is 0 Å². The number of benzene rings is 10. The average molecular weight is 795 g/mol. The van der Waals surface area contributed by atoms with Crippen LogP contribution in [0.15, 0.2) is 231 Å². The van der Waals surface area contributed by atoms with Gasteiger partial charge in [0.25, 0.3) is 0 Å². The van der Waals surface area contributed by atoms with Crippen LogP contribution < -0.4 is 4.90 Å². The normalized spacial score (nSPS) is 11.6. The van der Waals surface area contributed by atoms with Crippen molar-refractivity contribution >= 4 is 81.1 Å². The Labute approximate surface area is 358 Å². The molecule has 61 heavy (non-hydrogen) atoms. The fraction of sp³-hybridized carbons (Fsp3) is 0. The van der Waals surface area contributed by atoms with E-state index >= 15 is 0 Å². The maximum absolute atomic E-state index is 2.50. The highest BCUT2D eigenvalue weighted by molar-refractivity contribution is 7.26. The SMILES string of the molecule is c1ccc(-c2cccc3cccc(-c4ccccc4N(c4cccc(-c5ccc6c7ccccc7n(-c7ccccc7)c6c5)c4)c4cccc5c4sc4ccccc45)c23)cc1. The number of nitrogens with zero attached hydrogens (tertiary/aromatic N) is 2. The topological polar surface area (TPSA) is 8.17 Å². The zero-order valence-corrected chi connectivity index (χ0v) is 34.1. The zero-order valence-electron chi connectivity index (χ0n) is 33.2. The maximum atomic E-state index is 2.50. The van der Waals surface area contributed by atoms with Gasteiger partial charge in [-0.2, -0.15) is 0 Å². The molecule has 2 nitrogen and oxygen atoms in total. The Kier molecular flexibility index (Phi) is 8.39. The highest BCUT2D eigenvalue weighted by Crippen LogP contribution is 2.49. The molecule has 10 aromatic carbocycles. The van der Waals surface area contributed by atoms with Gasteiger partial charge in [-0.15, -0.1) is 11.3 Å². The average Bonchev–Trinajstić information content (AvgIpc) is 3.88. The predicted molar refractivity (Wildman–Crippen MR) is 262 cm³/mol. The van der Waals surface area contributed by atoms with Crippen LogP contribution >= 0.6 is 11.3 Å². The van der Waals surface area contributed by atoms with Crippen LogP contribution in [-0.4, -0.2) is 4.57 Å². The summed E-state index contributed by atoms with van der Waals surface area (Å²) < 4.78 is 4.95. The van der Waals surface area contributed by atoms with Crippen LogP contribution in [-0.2, 0) is 0 Å². The summed E-state index contributed by atoms with van der Waals surface area (Å²) in [4.78, 5) is 2.50. The van der Waals surface area contributed by atoms with Crippen molar-refractivity contribution in [2.45, 2.75) is 0 Å². The number of fused-ring (bicyclic) bond motifs is 7. The van der Waals surface area contributed by atoms with Crippen molar-refractivity contribution < 1.29 is 0 Å². The summed E-state index contributed by atoms with van der Waals surface area (Å²) in [6.07, 6.45) is 0. The Hall–Kier alpha value is -7.72. The summed E-state index contributed by atoms with van der Waals surface area (Å²) in [5, 5.41) is 7.53. The number of aromatic nitrogens is 1. The third-order valence-corrected chi connectivity index (χ3v) is 13.4. The zero-order chi connectivity index (χ0) is 40.3. The standard InChI is InChI=1S/C58H38N2S/c1-3-17-39(18-4-1)45-28-14-19-40-20-15-29-50(57(40)45)47-26-8-11-32-53(47)60(54-33-16-30-51-49-27-9-12-34-56(49)61-58(51)54)44-24-13-21-41(37-44)42-35-36-48-46-25-7-10-31-52(46)59(55(48)38-42)43-22-5-2-6-23-43/h1-38H. The number of thiophene rings is 1. The molecule has 286 valence electrons. The molecule has 12 rings (SSSR count). The molecule has 0 unspecified atom stereocenters. The minimum absolute atomic E-state index is 1.10. The van der Waals surface area contributed by atoms with Crippen LogP contribution in [0, 0.1) is 0 Å². The van der Waals surface area contributed by atoms with Gasteiger partial charge in [0.15, 0.2) is 0 Å². The fourth-order valence-corrected chi connectivity index (χ4v) is 10.7. The van der Waals surface area contributed by atoms with Gasteiger partial charge in [-0.3, -0.25) is 0 Å². The van der Waals surface area contributed by atoms with E-state index in [4.69, 9.17) is 0 Å². The molecular formula is C58H38N2S. The molecule has 3 heteroatoms. The van der Waals surface area contributed by atoms with Crippen LogP contribution in [0.25, 0.3) is 91.8 Å².